The van der Waals surface area contributed by atoms with Crippen molar-refractivity contribution in [2.45, 2.75) is 16.6 Å². The number of hydrogen-bond donors (Lipinski definition) is 1. The lowest BCUT2D eigenvalue weighted by Gasteiger charge is -2.16. The Bertz CT molecular complexity index is 1300. The molecule has 1 heterocycles. The van der Waals surface area contributed by atoms with Gasteiger partial charge in [-0.25, -0.2) is 13.1 Å². The van der Waals surface area contributed by atoms with Gasteiger partial charge in [0.2, 0.25) is 0 Å². The van der Waals surface area contributed by atoms with Crippen LogP contribution >= 0.6 is 23.2 Å². The Morgan fingerprint density at radius 1 is 1.08 bits per heavy atom. The first-order valence-corrected chi connectivity index (χ1v) is 12.2. The van der Waals surface area contributed by atoms with E-state index in [1.807, 2.05) is 5.32 Å². The van der Waals surface area contributed by atoms with Crippen LogP contribution in [-0.4, -0.2) is 69.8 Å². The number of amides is 1. The lowest BCUT2D eigenvalue weighted by molar-refractivity contribution is -0.137. The van der Waals surface area contributed by atoms with Crippen LogP contribution < -0.4 is 5.32 Å². The van der Waals surface area contributed by atoms with Gasteiger partial charge in [-0.2, -0.15) is 36.7 Å². The van der Waals surface area contributed by atoms with Crippen LogP contribution in [0.1, 0.15) is 11.3 Å². The molecule has 0 unspecified atom stereocenters. The molecule has 0 aliphatic rings. The Morgan fingerprint density at radius 2 is 1.63 bits per heavy atom. The predicted molar refractivity (Wildman–Crippen MR) is 119 cm³/mol. The topological polar surface area (TPSA) is 133 Å². The number of anilines is 1. The number of nitrogens with one attached hydrogen (secondary N) is 1. The SMILES string of the molecule is COCCOCCOCC(=O)Nc1c(S(=O)(=O)C(F)(F)F)c(C#N)nn1-c1c(Cl)cc(C(F)(F)F)cc1Cl. The van der Waals surface area contributed by atoms with Crippen LogP contribution in [0.15, 0.2) is 17.0 Å². The Balaban J connectivity index is 2.57. The second-order valence-electron chi connectivity index (χ2n) is 6.99. The molecule has 0 aliphatic carbocycles. The number of hydrogen-bond acceptors (Lipinski definition) is 8. The third kappa shape index (κ3) is 7.27. The molecule has 0 atom stereocenters. The molecule has 1 aromatic heterocycles. The minimum atomic E-state index is -6.34. The summed E-state index contributed by atoms with van der Waals surface area (Å²) in [6.45, 7) is -0.519. The number of carbonyl (C=O) groups excluding carboxylic acids is 1. The van der Waals surface area contributed by atoms with Gasteiger partial charge in [-0.3, -0.25) is 4.79 Å². The van der Waals surface area contributed by atoms with E-state index >= 15 is 0 Å². The van der Waals surface area contributed by atoms with E-state index in [0.717, 1.165) is 6.07 Å². The molecule has 1 N–H and O–H groups in total. The summed E-state index contributed by atoms with van der Waals surface area (Å²) >= 11 is 11.8. The van der Waals surface area contributed by atoms with Gasteiger partial charge in [0.05, 0.1) is 42.0 Å². The summed E-state index contributed by atoms with van der Waals surface area (Å²) in [5, 5.41) is 12.9. The molecule has 19 heteroatoms. The van der Waals surface area contributed by atoms with Gasteiger partial charge in [0.25, 0.3) is 15.7 Å². The van der Waals surface area contributed by atoms with Crippen molar-refractivity contribution in [2.75, 3.05) is 45.5 Å². The summed E-state index contributed by atoms with van der Waals surface area (Å²) in [6, 6.07) is 1.82. The van der Waals surface area contributed by atoms with E-state index in [1.165, 1.54) is 7.11 Å². The van der Waals surface area contributed by atoms with E-state index in [2.05, 4.69) is 5.10 Å². The van der Waals surface area contributed by atoms with Crippen LogP contribution in [0.5, 0.6) is 0 Å². The molecule has 0 spiro atoms. The lowest BCUT2D eigenvalue weighted by atomic mass is 10.2. The van der Waals surface area contributed by atoms with E-state index in [9.17, 15) is 44.8 Å². The average Bonchev–Trinajstić information content (AvgIpc) is 3.15. The zero-order valence-corrected chi connectivity index (χ0v) is 21.2. The maximum Gasteiger partial charge on any atom is 0.502 e. The molecule has 210 valence electrons. The fourth-order valence-corrected chi connectivity index (χ4v) is 4.36. The van der Waals surface area contributed by atoms with Crippen LogP contribution in [0.25, 0.3) is 5.69 Å². The normalized spacial score (nSPS) is 12.4. The minimum Gasteiger partial charge on any atom is -0.382 e. The highest BCUT2D eigenvalue weighted by molar-refractivity contribution is 7.92. The number of carbonyl (C=O) groups is 1. The third-order valence-electron chi connectivity index (χ3n) is 4.37. The number of benzene rings is 1. The monoisotopic (exact) mass is 612 g/mol. The van der Waals surface area contributed by atoms with Crippen LogP contribution in [0.4, 0.5) is 32.2 Å². The number of sulfone groups is 1. The summed E-state index contributed by atoms with van der Waals surface area (Å²) in [6.07, 6.45) is -4.93. The summed E-state index contributed by atoms with van der Waals surface area (Å²) in [5.74, 6) is -2.47. The Morgan fingerprint density at radius 3 is 2.13 bits per heavy atom. The summed E-state index contributed by atoms with van der Waals surface area (Å²) in [7, 11) is -4.90. The van der Waals surface area contributed by atoms with Gasteiger partial charge in [-0.15, -0.1) is 0 Å². The molecule has 1 aromatic carbocycles. The van der Waals surface area contributed by atoms with E-state index in [0.29, 0.717) is 12.1 Å². The van der Waals surface area contributed by atoms with Crippen molar-refractivity contribution < 1.29 is 53.8 Å². The largest absolute Gasteiger partial charge is 0.502 e. The number of methoxy groups -OCH3 is 1. The Kier molecular flexibility index (Phi) is 10.4. The first kappa shape index (κ1) is 31.6. The quantitative estimate of drug-likeness (QED) is 0.298. The summed E-state index contributed by atoms with van der Waals surface area (Å²) in [5.41, 5.74) is -9.41. The number of nitrogens with zero attached hydrogens (tertiary/aromatic N) is 3. The molecule has 2 aromatic rings. The lowest BCUT2D eigenvalue weighted by Crippen LogP contribution is -2.27. The molecule has 0 aliphatic heterocycles. The maximum atomic E-state index is 13.4. The number of alkyl halides is 6. The molecule has 10 nitrogen and oxygen atoms in total. The Hall–Kier alpha value is -2.62. The molecular weight excluding hydrogens is 597 g/mol. The molecular formula is C19H16Cl2F6N4O6S. The highest BCUT2D eigenvalue weighted by atomic mass is 35.5. The molecule has 0 bridgehead atoms. The van der Waals surface area contributed by atoms with Crippen molar-refractivity contribution in [3.8, 4) is 11.8 Å². The van der Waals surface area contributed by atoms with Gasteiger partial charge in [0.1, 0.15) is 18.4 Å². The fourth-order valence-electron chi connectivity index (χ4n) is 2.75. The number of aromatic nitrogens is 2. The zero-order valence-electron chi connectivity index (χ0n) is 18.9. The van der Waals surface area contributed by atoms with E-state index in [4.69, 9.17) is 37.4 Å². The predicted octanol–water partition coefficient (Wildman–Crippen LogP) is 3.98. The van der Waals surface area contributed by atoms with Crippen molar-refractivity contribution in [2.24, 2.45) is 0 Å². The summed E-state index contributed by atoms with van der Waals surface area (Å²) < 4.78 is 119. The van der Waals surface area contributed by atoms with Gasteiger partial charge in [0, 0.05) is 7.11 Å². The van der Waals surface area contributed by atoms with Crippen molar-refractivity contribution in [3.05, 3.63) is 33.4 Å². The van der Waals surface area contributed by atoms with Crippen molar-refractivity contribution >= 4 is 44.8 Å². The second-order valence-corrected chi connectivity index (χ2v) is 9.68. The number of nitriles is 1. The Labute approximate surface area is 220 Å². The average molecular weight is 613 g/mol. The first-order chi connectivity index (χ1) is 17.6. The fraction of sp³-hybridized carbons (Fsp3) is 0.421. The molecule has 1 amide bonds. The van der Waals surface area contributed by atoms with Crippen LogP contribution in [0.3, 0.4) is 0 Å². The van der Waals surface area contributed by atoms with E-state index in [-0.39, 0.29) is 31.1 Å². The van der Waals surface area contributed by atoms with Gasteiger partial charge in [-0.05, 0) is 12.1 Å². The summed E-state index contributed by atoms with van der Waals surface area (Å²) in [4.78, 5) is 10.6. The molecule has 0 radical (unpaired) electrons. The molecule has 0 fully saturated rings. The van der Waals surface area contributed by atoms with Crippen molar-refractivity contribution in [1.82, 2.24) is 9.78 Å². The zero-order chi connectivity index (χ0) is 28.9. The minimum absolute atomic E-state index is 0.00236. The van der Waals surface area contributed by atoms with Gasteiger partial charge >= 0.3 is 11.7 Å². The second kappa shape index (κ2) is 12.5. The van der Waals surface area contributed by atoms with Gasteiger partial charge < -0.3 is 19.5 Å². The number of halogens is 8. The van der Waals surface area contributed by atoms with Gasteiger partial charge in [0.15, 0.2) is 16.4 Å². The smallest absolute Gasteiger partial charge is 0.382 e. The number of rotatable bonds is 11. The van der Waals surface area contributed by atoms with E-state index < -0.39 is 71.7 Å². The highest BCUT2D eigenvalue weighted by Gasteiger charge is 2.51. The maximum absolute atomic E-state index is 13.4. The third-order valence-corrected chi connectivity index (χ3v) is 6.48. The van der Waals surface area contributed by atoms with Crippen molar-refractivity contribution in [3.63, 3.8) is 0 Å². The highest BCUT2D eigenvalue weighted by Crippen LogP contribution is 2.42. The van der Waals surface area contributed by atoms with Crippen molar-refractivity contribution in [1.29, 1.82) is 5.26 Å². The van der Waals surface area contributed by atoms with Gasteiger partial charge in [-0.1, -0.05) is 23.2 Å². The first-order valence-electron chi connectivity index (χ1n) is 9.91. The molecule has 38 heavy (non-hydrogen) atoms. The number of ether oxygens (including phenoxy) is 3. The van der Waals surface area contributed by atoms with E-state index in [1.54, 1.807) is 0 Å². The van der Waals surface area contributed by atoms with Crippen LogP contribution in [0.2, 0.25) is 10.0 Å². The van der Waals surface area contributed by atoms with Crippen LogP contribution in [-0.2, 0) is 35.0 Å². The van der Waals surface area contributed by atoms with Crippen LogP contribution in [0, 0.1) is 11.3 Å². The molecule has 0 saturated heterocycles. The standard InChI is InChI=1S/C19H16Cl2F6N4O6S/c1-35-2-3-36-4-5-37-9-14(32)29-17-16(38(33,34)19(25,26)27)13(8-28)30-31(17)15-11(20)6-10(7-12(15)21)18(22,23)24/h6-7H,2-5,9H2,1H3,(H,29,32). The molecule has 2 rings (SSSR count). The molecule has 0 saturated carbocycles.